The third-order valence-electron chi connectivity index (χ3n) is 2.99. The minimum Gasteiger partial charge on any atom is -0.241 e. The Morgan fingerprint density at radius 3 is 2.59 bits per heavy atom. The van der Waals surface area contributed by atoms with E-state index in [1.54, 1.807) is 0 Å². The summed E-state index contributed by atoms with van der Waals surface area (Å²) in [6, 6.07) is 6.53. The molecule has 1 aromatic heterocycles. The van der Waals surface area contributed by atoms with Gasteiger partial charge in [-0.3, -0.25) is 0 Å². The second kappa shape index (κ2) is 6.14. The quantitative estimate of drug-likeness (QED) is 0.635. The molecule has 0 atom stereocenters. The Balaban J connectivity index is 2.33. The molecule has 1 aromatic carbocycles. The maximum Gasteiger partial charge on any atom is 0.0969 e. The van der Waals surface area contributed by atoms with Crippen molar-refractivity contribution in [1.82, 2.24) is 4.98 Å². The van der Waals surface area contributed by atoms with Gasteiger partial charge >= 0.3 is 0 Å². The maximum atomic E-state index is 4.81. The van der Waals surface area contributed by atoms with Gasteiger partial charge in [0, 0.05) is 9.49 Å². The molecule has 17 heavy (non-hydrogen) atoms. The van der Waals surface area contributed by atoms with Gasteiger partial charge in [0.1, 0.15) is 0 Å². The van der Waals surface area contributed by atoms with Gasteiger partial charge in [0.15, 0.2) is 0 Å². The van der Waals surface area contributed by atoms with Gasteiger partial charge in [-0.15, -0.1) is 11.3 Å². The van der Waals surface area contributed by atoms with Crippen molar-refractivity contribution in [3.8, 4) is 0 Å². The molecule has 3 heteroatoms. The van der Waals surface area contributed by atoms with Crippen LogP contribution in [0.4, 0.5) is 0 Å². The first-order valence-electron chi connectivity index (χ1n) is 6.30. The number of hydrogen-bond donors (Lipinski definition) is 0. The summed E-state index contributed by atoms with van der Waals surface area (Å²) >= 11 is 4.25. The van der Waals surface area contributed by atoms with Crippen molar-refractivity contribution in [3.05, 3.63) is 26.8 Å². The Hall–Kier alpha value is -0.160. The number of aromatic nitrogens is 1. The Kier molecular flexibility index (Phi) is 4.79. The first-order valence-corrected chi connectivity index (χ1v) is 8.20. The molecule has 0 aliphatic rings. The lowest BCUT2D eigenvalue weighted by Gasteiger charge is -2.11. The molecule has 1 heterocycles. The molecular formula is C14H18INS. The first kappa shape index (κ1) is 13.3. The fraction of sp³-hybridized carbons (Fsp3) is 0.500. The molecule has 0 fully saturated rings. The predicted octanol–water partition coefficient (Wildman–Crippen LogP) is 5.58. The smallest absolute Gasteiger partial charge is 0.0969 e. The van der Waals surface area contributed by atoms with Crippen LogP contribution in [-0.2, 0) is 0 Å². The molecule has 0 aliphatic heterocycles. The largest absolute Gasteiger partial charge is 0.241 e. The highest BCUT2D eigenvalue weighted by Crippen LogP contribution is 2.33. The summed E-state index contributed by atoms with van der Waals surface area (Å²) in [5, 5.41) is 1.34. The van der Waals surface area contributed by atoms with Crippen molar-refractivity contribution in [1.29, 1.82) is 0 Å². The molecule has 0 radical (unpaired) electrons. The highest BCUT2D eigenvalue weighted by molar-refractivity contribution is 14.1. The van der Waals surface area contributed by atoms with E-state index in [1.165, 1.54) is 44.5 Å². The lowest BCUT2D eigenvalue weighted by Crippen LogP contribution is -1.97. The van der Waals surface area contributed by atoms with Gasteiger partial charge in [-0.1, -0.05) is 26.7 Å². The molecule has 2 aromatic rings. The summed E-state index contributed by atoms with van der Waals surface area (Å²) in [6.07, 6.45) is 5.03. The second-order valence-corrected chi connectivity index (χ2v) is 6.75. The van der Waals surface area contributed by atoms with Gasteiger partial charge in [-0.2, -0.15) is 0 Å². The topological polar surface area (TPSA) is 12.9 Å². The van der Waals surface area contributed by atoms with Crippen LogP contribution in [0.3, 0.4) is 0 Å². The molecule has 92 valence electrons. The van der Waals surface area contributed by atoms with Gasteiger partial charge in [0.05, 0.1) is 15.2 Å². The van der Waals surface area contributed by atoms with Crippen LogP contribution in [0.2, 0.25) is 0 Å². The molecule has 0 spiro atoms. The van der Waals surface area contributed by atoms with E-state index in [0.29, 0.717) is 5.92 Å². The maximum absolute atomic E-state index is 4.81. The van der Waals surface area contributed by atoms with Crippen LogP contribution in [0.25, 0.3) is 10.2 Å². The Bertz CT molecular complexity index is 486. The molecule has 0 aliphatic carbocycles. The number of halogens is 1. The average molecular weight is 359 g/mol. The SMILES string of the molecule is CCCC(CCC)c1nc2ccc(I)cc2s1. The third-order valence-corrected chi connectivity index (χ3v) is 4.84. The lowest BCUT2D eigenvalue weighted by molar-refractivity contribution is 0.559. The summed E-state index contributed by atoms with van der Waals surface area (Å²) in [5.41, 5.74) is 1.17. The molecule has 0 saturated carbocycles. The monoisotopic (exact) mass is 359 g/mol. The van der Waals surface area contributed by atoms with Crippen molar-refractivity contribution in [2.45, 2.75) is 45.4 Å². The van der Waals surface area contributed by atoms with Crippen molar-refractivity contribution in [2.75, 3.05) is 0 Å². The van der Waals surface area contributed by atoms with E-state index < -0.39 is 0 Å². The zero-order valence-electron chi connectivity index (χ0n) is 10.4. The first-order chi connectivity index (χ1) is 8.24. The van der Waals surface area contributed by atoms with Gasteiger partial charge in [0.25, 0.3) is 0 Å². The van der Waals surface area contributed by atoms with Crippen molar-refractivity contribution in [3.63, 3.8) is 0 Å². The lowest BCUT2D eigenvalue weighted by atomic mass is 9.99. The molecular weight excluding hydrogens is 341 g/mol. The number of rotatable bonds is 5. The van der Waals surface area contributed by atoms with Gasteiger partial charge in [-0.25, -0.2) is 4.98 Å². The Labute approximate surface area is 121 Å². The number of fused-ring (bicyclic) bond motifs is 1. The average Bonchev–Trinajstić information content (AvgIpc) is 2.71. The summed E-state index contributed by atoms with van der Waals surface area (Å²) in [5.74, 6) is 0.667. The Morgan fingerprint density at radius 2 is 1.94 bits per heavy atom. The summed E-state index contributed by atoms with van der Waals surface area (Å²) in [6.45, 7) is 4.53. The molecule has 0 saturated heterocycles. The number of thiazole rings is 1. The van der Waals surface area contributed by atoms with E-state index in [0.717, 1.165) is 0 Å². The van der Waals surface area contributed by atoms with Crippen LogP contribution in [-0.4, -0.2) is 4.98 Å². The van der Waals surface area contributed by atoms with Crippen molar-refractivity contribution in [2.24, 2.45) is 0 Å². The summed E-state index contributed by atoms with van der Waals surface area (Å²) in [7, 11) is 0. The number of benzene rings is 1. The fourth-order valence-electron chi connectivity index (χ4n) is 2.18. The van der Waals surface area contributed by atoms with E-state index in [1.807, 2.05) is 11.3 Å². The van der Waals surface area contributed by atoms with Gasteiger partial charge < -0.3 is 0 Å². The van der Waals surface area contributed by atoms with Gasteiger partial charge in [-0.05, 0) is 53.6 Å². The molecule has 1 nitrogen and oxygen atoms in total. The standard InChI is InChI=1S/C14H18INS/c1-3-5-10(6-4-2)14-16-12-8-7-11(15)9-13(12)17-14/h7-10H,3-6H2,1-2H3. The van der Waals surface area contributed by atoms with E-state index in [9.17, 15) is 0 Å². The molecule has 0 N–H and O–H groups in total. The zero-order valence-corrected chi connectivity index (χ0v) is 13.3. The molecule has 0 unspecified atom stereocenters. The summed E-state index contributed by atoms with van der Waals surface area (Å²) < 4.78 is 2.64. The van der Waals surface area contributed by atoms with Crippen LogP contribution in [0.1, 0.15) is 50.5 Å². The Morgan fingerprint density at radius 1 is 1.24 bits per heavy atom. The van der Waals surface area contributed by atoms with E-state index in [-0.39, 0.29) is 0 Å². The van der Waals surface area contributed by atoms with Crippen molar-refractivity contribution >= 4 is 44.1 Å². The highest BCUT2D eigenvalue weighted by atomic mass is 127. The minimum atomic E-state index is 0.667. The van der Waals surface area contributed by atoms with Crippen LogP contribution in [0.5, 0.6) is 0 Å². The molecule has 0 amide bonds. The van der Waals surface area contributed by atoms with Crippen molar-refractivity contribution < 1.29 is 0 Å². The van der Waals surface area contributed by atoms with E-state index >= 15 is 0 Å². The number of hydrogen-bond acceptors (Lipinski definition) is 2. The number of nitrogens with zero attached hydrogens (tertiary/aromatic N) is 1. The van der Waals surface area contributed by atoms with E-state index in [4.69, 9.17) is 4.98 Å². The highest BCUT2D eigenvalue weighted by Gasteiger charge is 2.14. The molecule has 0 bridgehead atoms. The molecule has 2 rings (SSSR count). The predicted molar refractivity (Wildman–Crippen MR) is 84.9 cm³/mol. The van der Waals surface area contributed by atoms with Crippen LogP contribution >= 0.6 is 33.9 Å². The zero-order chi connectivity index (χ0) is 12.3. The van der Waals surface area contributed by atoms with E-state index in [2.05, 4.69) is 54.6 Å². The summed E-state index contributed by atoms with van der Waals surface area (Å²) in [4.78, 5) is 4.81. The fourth-order valence-corrected chi connectivity index (χ4v) is 4.06. The second-order valence-electron chi connectivity index (χ2n) is 4.44. The normalized spacial score (nSPS) is 11.5. The van der Waals surface area contributed by atoms with Crippen LogP contribution in [0.15, 0.2) is 18.2 Å². The third kappa shape index (κ3) is 3.19. The minimum absolute atomic E-state index is 0.667. The van der Waals surface area contributed by atoms with Crippen LogP contribution in [0, 0.1) is 3.57 Å². The van der Waals surface area contributed by atoms with Gasteiger partial charge in [0.2, 0.25) is 0 Å². The van der Waals surface area contributed by atoms with Crippen LogP contribution < -0.4 is 0 Å².